The van der Waals surface area contributed by atoms with Crippen LogP contribution in [0, 0.1) is 11.8 Å². The summed E-state index contributed by atoms with van der Waals surface area (Å²) in [6.07, 6.45) is 8.25. The number of benzene rings is 2. The van der Waals surface area contributed by atoms with E-state index in [0.717, 1.165) is 5.56 Å². The maximum Gasteiger partial charge on any atom is 0.264 e. The molecule has 3 N–H and O–H groups in total. The molecule has 4 heterocycles. The summed E-state index contributed by atoms with van der Waals surface area (Å²) in [5.74, 6) is 5.86. The number of amides is 1. The first-order chi connectivity index (χ1) is 19.4. The summed E-state index contributed by atoms with van der Waals surface area (Å²) in [5.41, 5.74) is 9.00. The quantitative estimate of drug-likeness (QED) is 0.339. The van der Waals surface area contributed by atoms with Gasteiger partial charge in [-0.25, -0.2) is 9.97 Å². The van der Waals surface area contributed by atoms with Gasteiger partial charge >= 0.3 is 0 Å². The van der Waals surface area contributed by atoms with E-state index in [9.17, 15) is 9.59 Å². The van der Waals surface area contributed by atoms with Gasteiger partial charge in [-0.2, -0.15) is 5.10 Å². The molecule has 0 unspecified atom stereocenters. The fourth-order valence-electron chi connectivity index (χ4n) is 4.74. The molecule has 6 aromatic rings. The highest BCUT2D eigenvalue weighted by Gasteiger charge is 2.23. The van der Waals surface area contributed by atoms with Crippen molar-refractivity contribution in [3.8, 4) is 17.5 Å². The smallest absolute Gasteiger partial charge is 0.264 e. The average molecular weight is 529 g/mol. The summed E-state index contributed by atoms with van der Waals surface area (Å²) >= 11 is 0. The first-order valence-electron chi connectivity index (χ1n) is 12.5. The van der Waals surface area contributed by atoms with Crippen molar-refractivity contribution in [1.82, 2.24) is 34.0 Å². The molecule has 0 radical (unpaired) electrons. The van der Waals surface area contributed by atoms with Crippen molar-refractivity contribution in [2.45, 2.75) is 13.0 Å². The van der Waals surface area contributed by atoms with Gasteiger partial charge in [0.25, 0.3) is 11.5 Å². The number of aromatic nitrogens is 6. The number of nitrogens with zero attached hydrogens (tertiary/aromatic N) is 6. The number of carbonyl (C=O) groups is 1. The SMILES string of the molecule is C[C@H](NC(=O)c1c(N)ncn2ccnc12)c1cc2cccc(C#Cc3cnn(C)c3)c2c(=O)n1-c1ccccc1. The summed E-state index contributed by atoms with van der Waals surface area (Å²) in [4.78, 5) is 36.0. The van der Waals surface area contributed by atoms with Crippen molar-refractivity contribution in [1.29, 1.82) is 0 Å². The Morgan fingerprint density at radius 2 is 1.90 bits per heavy atom. The van der Waals surface area contributed by atoms with Gasteiger partial charge in [0, 0.05) is 42.6 Å². The van der Waals surface area contributed by atoms with Crippen LogP contribution < -0.4 is 16.6 Å². The number of para-hydroxylation sites is 1. The van der Waals surface area contributed by atoms with Crippen LogP contribution in [0.4, 0.5) is 5.82 Å². The molecule has 40 heavy (non-hydrogen) atoms. The summed E-state index contributed by atoms with van der Waals surface area (Å²) in [7, 11) is 1.82. The molecule has 1 atom stereocenters. The van der Waals surface area contributed by atoms with Crippen LogP contribution in [-0.2, 0) is 7.05 Å². The number of anilines is 1. The number of nitrogens with two attached hydrogens (primary N) is 1. The predicted octanol–water partition coefficient (Wildman–Crippen LogP) is 3.24. The van der Waals surface area contributed by atoms with Crippen molar-refractivity contribution in [2.75, 3.05) is 5.73 Å². The van der Waals surface area contributed by atoms with E-state index in [-0.39, 0.29) is 16.9 Å². The summed E-state index contributed by atoms with van der Waals surface area (Å²) in [5, 5.41) is 8.34. The summed E-state index contributed by atoms with van der Waals surface area (Å²) < 4.78 is 4.91. The molecule has 4 aromatic heterocycles. The lowest BCUT2D eigenvalue weighted by Gasteiger charge is -2.21. The molecule has 10 heteroatoms. The van der Waals surface area contributed by atoms with Crippen molar-refractivity contribution < 1.29 is 4.79 Å². The van der Waals surface area contributed by atoms with Gasteiger partial charge in [0.15, 0.2) is 5.65 Å². The second kappa shape index (κ2) is 9.89. The minimum atomic E-state index is -0.579. The molecule has 0 saturated carbocycles. The van der Waals surface area contributed by atoms with E-state index in [1.54, 1.807) is 32.2 Å². The van der Waals surface area contributed by atoms with Crippen LogP contribution in [0.15, 0.2) is 90.5 Å². The van der Waals surface area contributed by atoms with Crippen molar-refractivity contribution in [3.63, 3.8) is 0 Å². The predicted molar refractivity (Wildman–Crippen MR) is 152 cm³/mol. The van der Waals surface area contributed by atoms with Gasteiger partial charge in [-0.1, -0.05) is 42.2 Å². The Bertz CT molecular complexity index is 2030. The molecule has 10 nitrogen and oxygen atoms in total. The Labute approximate surface area is 228 Å². The number of nitrogens with one attached hydrogen (secondary N) is 1. The van der Waals surface area contributed by atoms with Gasteiger partial charge in [-0.3, -0.25) is 23.2 Å². The maximum absolute atomic E-state index is 14.2. The van der Waals surface area contributed by atoms with Gasteiger partial charge in [-0.05, 0) is 36.6 Å². The summed E-state index contributed by atoms with van der Waals surface area (Å²) in [6, 6.07) is 16.2. The molecule has 196 valence electrons. The van der Waals surface area contributed by atoms with E-state index in [1.165, 1.54) is 6.33 Å². The Hall–Kier alpha value is -5.69. The lowest BCUT2D eigenvalue weighted by molar-refractivity contribution is 0.0940. The number of imidazole rings is 1. The molecule has 6 rings (SSSR count). The Morgan fingerprint density at radius 1 is 1.07 bits per heavy atom. The standard InChI is InChI=1S/C30H24N8O2/c1-19(35-29(39)26-27(31)33-18-37-14-13-32-28(26)37)24-15-22-8-6-7-21(12-11-20-16-34-36(2)17-20)25(22)30(40)38(24)23-9-4-3-5-10-23/h3-10,13-19H,31H2,1-2H3,(H,35,39)/t19-/m0/s1. The van der Waals surface area contributed by atoms with Crippen molar-refractivity contribution in [2.24, 2.45) is 7.05 Å². The van der Waals surface area contributed by atoms with Crippen LogP contribution in [0.1, 0.15) is 40.1 Å². The van der Waals surface area contributed by atoms with E-state index in [1.807, 2.05) is 74.8 Å². The van der Waals surface area contributed by atoms with Crippen LogP contribution in [0.5, 0.6) is 0 Å². The number of aryl methyl sites for hydroxylation is 1. The normalized spacial score (nSPS) is 11.8. The van der Waals surface area contributed by atoms with Gasteiger partial charge < -0.3 is 11.1 Å². The van der Waals surface area contributed by atoms with Crippen LogP contribution in [0.2, 0.25) is 0 Å². The Kier molecular flexibility index (Phi) is 6.09. The minimum Gasteiger partial charge on any atom is -0.383 e. The molecule has 2 aromatic carbocycles. The third kappa shape index (κ3) is 4.35. The Balaban J connectivity index is 1.48. The molecular formula is C30H24N8O2. The average Bonchev–Trinajstić information content (AvgIpc) is 3.60. The molecular weight excluding hydrogens is 504 g/mol. The van der Waals surface area contributed by atoms with Crippen LogP contribution >= 0.6 is 0 Å². The molecule has 0 spiro atoms. The number of hydrogen-bond acceptors (Lipinski definition) is 6. The number of fused-ring (bicyclic) bond motifs is 2. The fourth-order valence-corrected chi connectivity index (χ4v) is 4.74. The molecule has 0 bridgehead atoms. The highest BCUT2D eigenvalue weighted by molar-refractivity contribution is 6.04. The van der Waals surface area contributed by atoms with E-state index < -0.39 is 11.9 Å². The molecule has 0 fully saturated rings. The highest BCUT2D eigenvalue weighted by atomic mass is 16.2. The Morgan fingerprint density at radius 3 is 2.67 bits per heavy atom. The number of rotatable bonds is 4. The largest absolute Gasteiger partial charge is 0.383 e. The lowest BCUT2D eigenvalue weighted by atomic mass is 10.0. The monoisotopic (exact) mass is 528 g/mol. The molecule has 1 amide bonds. The second-order valence-electron chi connectivity index (χ2n) is 9.33. The highest BCUT2D eigenvalue weighted by Crippen LogP contribution is 2.24. The van der Waals surface area contributed by atoms with E-state index in [0.29, 0.717) is 33.4 Å². The second-order valence-corrected chi connectivity index (χ2v) is 9.33. The minimum absolute atomic E-state index is 0.0687. The number of hydrogen-bond donors (Lipinski definition) is 2. The third-order valence-electron chi connectivity index (χ3n) is 6.62. The van der Waals surface area contributed by atoms with E-state index in [4.69, 9.17) is 5.73 Å². The zero-order valence-electron chi connectivity index (χ0n) is 21.7. The van der Waals surface area contributed by atoms with Gasteiger partial charge in [0.05, 0.1) is 23.2 Å². The van der Waals surface area contributed by atoms with E-state index in [2.05, 4.69) is 32.2 Å². The lowest BCUT2D eigenvalue weighted by Crippen LogP contribution is -2.33. The van der Waals surface area contributed by atoms with Gasteiger partial charge in [0.2, 0.25) is 0 Å². The molecule has 0 aliphatic heterocycles. The van der Waals surface area contributed by atoms with Crippen molar-refractivity contribution in [3.05, 3.63) is 118 Å². The van der Waals surface area contributed by atoms with Crippen LogP contribution in [0.3, 0.4) is 0 Å². The molecule has 0 aliphatic rings. The fraction of sp³-hybridized carbons (Fsp3) is 0.100. The first-order valence-corrected chi connectivity index (χ1v) is 12.5. The number of pyridine rings is 1. The van der Waals surface area contributed by atoms with Gasteiger partial charge in [-0.15, -0.1) is 0 Å². The van der Waals surface area contributed by atoms with Gasteiger partial charge in [0.1, 0.15) is 17.7 Å². The number of carbonyl (C=O) groups excluding carboxylic acids is 1. The topological polar surface area (TPSA) is 125 Å². The van der Waals surface area contributed by atoms with Crippen LogP contribution in [-0.4, -0.2) is 34.6 Å². The molecule has 0 saturated heterocycles. The maximum atomic E-state index is 14.2. The first kappa shape index (κ1) is 24.6. The van der Waals surface area contributed by atoms with Crippen molar-refractivity contribution >= 4 is 28.1 Å². The molecule has 0 aliphatic carbocycles. The third-order valence-corrected chi connectivity index (χ3v) is 6.62. The zero-order valence-corrected chi connectivity index (χ0v) is 21.7. The van der Waals surface area contributed by atoms with Crippen LogP contribution in [0.25, 0.3) is 22.1 Å². The number of nitrogen functional groups attached to an aromatic ring is 1. The van der Waals surface area contributed by atoms with E-state index >= 15 is 0 Å². The zero-order chi connectivity index (χ0) is 27.8. The summed E-state index contributed by atoms with van der Waals surface area (Å²) in [6.45, 7) is 1.82.